The Labute approximate surface area is 71.5 Å². The van der Waals surface area contributed by atoms with Gasteiger partial charge in [-0.1, -0.05) is 0 Å². The van der Waals surface area contributed by atoms with Gasteiger partial charge in [0.2, 0.25) is 15.0 Å². The van der Waals surface area contributed by atoms with Gasteiger partial charge in [0.05, 0.1) is 5.41 Å². The van der Waals surface area contributed by atoms with Crippen molar-refractivity contribution in [3.05, 3.63) is 11.6 Å². The second-order valence-corrected chi connectivity index (χ2v) is 4.66. The highest BCUT2D eigenvalue weighted by atomic mass is 32.2. The number of rotatable bonds is 0. The Balaban J connectivity index is 2.26. The van der Waals surface area contributed by atoms with Gasteiger partial charge in [0.15, 0.2) is 0 Å². The number of amidine groups is 1. The van der Waals surface area contributed by atoms with Crippen molar-refractivity contribution in [3.63, 3.8) is 0 Å². The molecule has 0 radical (unpaired) electrons. The lowest BCUT2D eigenvalue weighted by atomic mass is 10.4. The summed E-state index contributed by atoms with van der Waals surface area (Å²) in [4.78, 5) is 5.67. The zero-order chi connectivity index (χ0) is 8.60. The van der Waals surface area contributed by atoms with E-state index in [2.05, 4.69) is 4.99 Å². The van der Waals surface area contributed by atoms with Gasteiger partial charge in [-0.15, -0.1) is 0 Å². The van der Waals surface area contributed by atoms with E-state index >= 15 is 0 Å². The van der Waals surface area contributed by atoms with Crippen molar-refractivity contribution in [2.75, 3.05) is 13.1 Å². The summed E-state index contributed by atoms with van der Waals surface area (Å²) in [5.74, 6) is 0. The number of sulfone groups is 1. The van der Waals surface area contributed by atoms with Gasteiger partial charge in [-0.3, -0.25) is 0 Å². The Kier molecular flexibility index (Phi) is 1.68. The average Bonchev–Trinajstić information content (AvgIpc) is 2.55. The Morgan fingerprint density at radius 3 is 2.50 bits per heavy atom. The van der Waals surface area contributed by atoms with Gasteiger partial charge in [0.1, 0.15) is 0 Å². The molecular formula is C7H10N2O2S. The van der Waals surface area contributed by atoms with Crippen LogP contribution in [0.5, 0.6) is 0 Å². The molecule has 1 saturated heterocycles. The summed E-state index contributed by atoms with van der Waals surface area (Å²) in [6, 6.07) is 0. The van der Waals surface area contributed by atoms with Gasteiger partial charge in [0.25, 0.3) is 0 Å². The van der Waals surface area contributed by atoms with Crippen molar-refractivity contribution in [1.29, 1.82) is 0 Å². The Bertz CT molecular complexity index is 336. The summed E-state index contributed by atoms with van der Waals surface area (Å²) in [5.41, 5.74) is 0. The molecule has 0 aromatic heterocycles. The molecule has 0 aliphatic carbocycles. The Morgan fingerprint density at radius 1 is 1.33 bits per heavy atom. The van der Waals surface area contributed by atoms with Gasteiger partial charge in [0, 0.05) is 19.3 Å². The summed E-state index contributed by atoms with van der Waals surface area (Å²) in [6.45, 7) is 1.64. The van der Waals surface area contributed by atoms with Crippen molar-refractivity contribution < 1.29 is 8.42 Å². The second-order valence-electron chi connectivity index (χ2n) is 2.94. The Morgan fingerprint density at radius 2 is 2.00 bits per heavy atom. The molecule has 66 valence electrons. The molecule has 0 saturated carbocycles. The fourth-order valence-electron chi connectivity index (χ4n) is 1.48. The molecule has 4 nitrogen and oxygen atoms in total. The van der Waals surface area contributed by atoms with E-state index in [4.69, 9.17) is 0 Å². The first-order valence-electron chi connectivity index (χ1n) is 3.94. The quantitative estimate of drug-likeness (QED) is 0.548. The molecule has 1 fully saturated rings. The van der Waals surface area contributed by atoms with E-state index in [9.17, 15) is 8.42 Å². The molecule has 0 spiro atoms. The molecule has 12 heavy (non-hydrogen) atoms. The van der Waals surface area contributed by atoms with Crippen LogP contribution in [-0.4, -0.2) is 31.6 Å². The number of nitrogens with zero attached hydrogens (tertiary/aromatic N) is 2. The molecule has 0 bridgehead atoms. The number of hydrogen-bond donors (Lipinski definition) is 0. The molecule has 0 unspecified atom stereocenters. The van der Waals surface area contributed by atoms with Crippen LogP contribution in [0.2, 0.25) is 0 Å². The first-order valence-corrected chi connectivity index (χ1v) is 5.49. The third-order valence-electron chi connectivity index (χ3n) is 2.06. The monoisotopic (exact) mass is 186 g/mol. The van der Waals surface area contributed by atoms with Crippen LogP contribution in [0, 0.1) is 0 Å². The summed E-state index contributed by atoms with van der Waals surface area (Å²) in [7, 11) is -3.18. The van der Waals surface area contributed by atoms with Crippen LogP contribution in [-0.2, 0) is 9.84 Å². The van der Waals surface area contributed by atoms with Crippen molar-refractivity contribution >= 4 is 15.0 Å². The predicted octanol–water partition coefficient (Wildman–Crippen LogP) is 0.338. The van der Waals surface area contributed by atoms with E-state index in [-0.39, 0.29) is 5.17 Å². The zero-order valence-corrected chi connectivity index (χ0v) is 7.42. The highest BCUT2D eigenvalue weighted by Gasteiger charge is 2.28. The van der Waals surface area contributed by atoms with Gasteiger partial charge < -0.3 is 4.90 Å². The van der Waals surface area contributed by atoms with Crippen LogP contribution in [0.4, 0.5) is 0 Å². The SMILES string of the molecule is O=S1(=O)C=CN=C1N1CCCC1. The van der Waals surface area contributed by atoms with Crippen molar-refractivity contribution in [3.8, 4) is 0 Å². The Hall–Kier alpha value is -0.840. The molecular weight excluding hydrogens is 176 g/mol. The van der Waals surface area contributed by atoms with Gasteiger partial charge in [-0.25, -0.2) is 13.4 Å². The molecule has 0 aromatic carbocycles. The molecule has 2 aliphatic rings. The molecule has 0 atom stereocenters. The minimum Gasteiger partial charge on any atom is -0.347 e. The summed E-state index contributed by atoms with van der Waals surface area (Å²) >= 11 is 0. The van der Waals surface area contributed by atoms with Gasteiger partial charge in [-0.2, -0.15) is 0 Å². The fraction of sp³-hybridized carbons (Fsp3) is 0.571. The molecule has 0 amide bonds. The maximum atomic E-state index is 11.3. The van der Waals surface area contributed by atoms with E-state index < -0.39 is 9.84 Å². The van der Waals surface area contributed by atoms with E-state index in [1.54, 1.807) is 0 Å². The number of hydrogen-bond acceptors (Lipinski definition) is 4. The van der Waals surface area contributed by atoms with Crippen LogP contribution in [0.25, 0.3) is 0 Å². The largest absolute Gasteiger partial charge is 0.347 e. The van der Waals surface area contributed by atoms with Crippen molar-refractivity contribution in [2.24, 2.45) is 4.99 Å². The lowest BCUT2D eigenvalue weighted by Gasteiger charge is -2.15. The molecule has 2 heterocycles. The molecule has 0 aromatic rings. The first-order chi connectivity index (χ1) is 5.70. The molecule has 5 heteroatoms. The van der Waals surface area contributed by atoms with E-state index in [0.717, 1.165) is 31.3 Å². The number of aliphatic imine (C=N–C) groups is 1. The van der Waals surface area contributed by atoms with Crippen LogP contribution in [0.1, 0.15) is 12.8 Å². The fourth-order valence-corrected chi connectivity index (χ4v) is 2.57. The topological polar surface area (TPSA) is 49.7 Å². The van der Waals surface area contributed by atoms with Crippen LogP contribution >= 0.6 is 0 Å². The van der Waals surface area contributed by atoms with Crippen molar-refractivity contribution in [1.82, 2.24) is 4.90 Å². The number of likely N-dealkylation sites (tertiary alicyclic amines) is 1. The third-order valence-corrected chi connectivity index (χ3v) is 3.41. The summed E-state index contributed by atoms with van der Waals surface area (Å²) in [6.07, 6.45) is 3.48. The van der Waals surface area contributed by atoms with E-state index in [1.165, 1.54) is 6.20 Å². The van der Waals surface area contributed by atoms with Gasteiger partial charge in [-0.05, 0) is 12.8 Å². The van der Waals surface area contributed by atoms with E-state index in [1.807, 2.05) is 4.90 Å². The maximum Gasteiger partial charge on any atom is 0.234 e. The summed E-state index contributed by atoms with van der Waals surface area (Å²) in [5, 5.41) is 1.39. The van der Waals surface area contributed by atoms with Crippen LogP contribution in [0.15, 0.2) is 16.6 Å². The zero-order valence-electron chi connectivity index (χ0n) is 6.60. The van der Waals surface area contributed by atoms with Gasteiger partial charge >= 0.3 is 0 Å². The standard InChI is InChI=1S/C7H10N2O2S/c10-12(11)6-3-8-7(12)9-4-1-2-5-9/h3,6H,1-2,4-5H2. The predicted molar refractivity (Wildman–Crippen MR) is 46.3 cm³/mol. The highest BCUT2D eigenvalue weighted by Crippen LogP contribution is 2.16. The third kappa shape index (κ3) is 1.14. The minimum atomic E-state index is -3.18. The lowest BCUT2D eigenvalue weighted by molar-refractivity contribution is 0.522. The van der Waals surface area contributed by atoms with E-state index in [0.29, 0.717) is 0 Å². The maximum absolute atomic E-state index is 11.3. The average molecular weight is 186 g/mol. The normalized spacial score (nSPS) is 26.3. The minimum absolute atomic E-state index is 0.236. The highest BCUT2D eigenvalue weighted by molar-refractivity contribution is 8.09. The van der Waals surface area contributed by atoms with Crippen LogP contribution in [0.3, 0.4) is 0 Å². The smallest absolute Gasteiger partial charge is 0.234 e. The molecule has 0 N–H and O–H groups in total. The second kappa shape index (κ2) is 2.58. The van der Waals surface area contributed by atoms with Crippen LogP contribution < -0.4 is 0 Å². The molecule has 2 rings (SSSR count). The van der Waals surface area contributed by atoms with Crippen molar-refractivity contribution in [2.45, 2.75) is 12.8 Å². The first kappa shape index (κ1) is 7.79. The lowest BCUT2D eigenvalue weighted by Crippen LogP contribution is -2.31. The molecule has 2 aliphatic heterocycles. The summed E-state index contributed by atoms with van der Waals surface area (Å²) < 4.78 is 22.6.